The Morgan fingerprint density at radius 1 is 1.19 bits per heavy atom. The summed E-state index contributed by atoms with van der Waals surface area (Å²) in [4.78, 5) is 12.5. The molecule has 1 unspecified atom stereocenters. The van der Waals surface area contributed by atoms with Crippen molar-refractivity contribution in [3.63, 3.8) is 0 Å². The van der Waals surface area contributed by atoms with Crippen molar-refractivity contribution in [1.29, 1.82) is 0 Å². The molecule has 0 spiro atoms. The molecule has 5 nitrogen and oxygen atoms in total. The molecule has 1 atom stereocenters. The van der Waals surface area contributed by atoms with Crippen LogP contribution in [0.5, 0.6) is 0 Å². The molecule has 0 fully saturated rings. The smallest absolute Gasteiger partial charge is 0.237 e. The maximum absolute atomic E-state index is 12.5. The zero-order chi connectivity index (χ0) is 19.2. The zero-order valence-corrected chi connectivity index (χ0v) is 17.3. The minimum absolute atomic E-state index is 0.0379. The largest absolute Gasteiger partial charge is 0.330 e. The zero-order valence-electron chi connectivity index (χ0n) is 14.9. The number of carbonyl (C=O) groups is 1. The SMILES string of the molecule is CCC(Sc1nnc(Nc2cccc(Cl)c2C)s1)C(=O)Nc1ccccc1. The van der Waals surface area contributed by atoms with Gasteiger partial charge in [0.05, 0.1) is 5.25 Å². The molecule has 0 radical (unpaired) electrons. The minimum atomic E-state index is -0.237. The number of benzene rings is 2. The van der Waals surface area contributed by atoms with Crippen LogP contribution in [0, 0.1) is 6.92 Å². The van der Waals surface area contributed by atoms with Gasteiger partial charge in [0, 0.05) is 16.4 Å². The van der Waals surface area contributed by atoms with Gasteiger partial charge in [-0.05, 0) is 43.2 Å². The van der Waals surface area contributed by atoms with E-state index < -0.39 is 0 Å². The fourth-order valence-electron chi connectivity index (χ4n) is 2.35. The van der Waals surface area contributed by atoms with Crippen LogP contribution in [0.4, 0.5) is 16.5 Å². The van der Waals surface area contributed by atoms with Crippen LogP contribution < -0.4 is 10.6 Å². The molecule has 1 amide bonds. The summed E-state index contributed by atoms with van der Waals surface area (Å²) in [5.74, 6) is -0.0379. The molecule has 27 heavy (non-hydrogen) atoms. The quantitative estimate of drug-likeness (QED) is 0.478. The summed E-state index contributed by atoms with van der Waals surface area (Å²) < 4.78 is 0.743. The molecule has 0 aliphatic carbocycles. The predicted octanol–water partition coefficient (Wildman–Crippen LogP) is 5.75. The average Bonchev–Trinajstić information content (AvgIpc) is 3.11. The molecule has 0 aliphatic heterocycles. The van der Waals surface area contributed by atoms with Gasteiger partial charge in [-0.15, -0.1) is 10.2 Å². The van der Waals surface area contributed by atoms with Gasteiger partial charge in [0.15, 0.2) is 4.34 Å². The first-order chi connectivity index (χ1) is 13.1. The molecule has 8 heteroatoms. The van der Waals surface area contributed by atoms with Gasteiger partial charge in [-0.2, -0.15) is 0 Å². The fraction of sp³-hybridized carbons (Fsp3) is 0.211. The van der Waals surface area contributed by atoms with E-state index in [4.69, 9.17) is 11.6 Å². The molecule has 3 rings (SSSR count). The van der Waals surface area contributed by atoms with Crippen LogP contribution in [-0.4, -0.2) is 21.4 Å². The topological polar surface area (TPSA) is 66.9 Å². The number of aromatic nitrogens is 2. The highest BCUT2D eigenvalue weighted by molar-refractivity contribution is 8.02. The lowest BCUT2D eigenvalue weighted by molar-refractivity contribution is -0.115. The van der Waals surface area contributed by atoms with E-state index in [9.17, 15) is 4.79 Å². The van der Waals surface area contributed by atoms with Gasteiger partial charge in [0.1, 0.15) is 0 Å². The van der Waals surface area contributed by atoms with E-state index in [-0.39, 0.29) is 11.2 Å². The molecule has 2 N–H and O–H groups in total. The molecule has 1 aromatic heterocycles. The monoisotopic (exact) mass is 418 g/mol. The molecule has 140 valence electrons. The second-order valence-corrected chi connectivity index (χ2v) is 8.62. The van der Waals surface area contributed by atoms with Crippen molar-refractivity contribution in [2.75, 3.05) is 10.6 Å². The van der Waals surface area contributed by atoms with Gasteiger partial charge in [0.25, 0.3) is 0 Å². The van der Waals surface area contributed by atoms with Crippen LogP contribution in [0.1, 0.15) is 18.9 Å². The number of para-hydroxylation sites is 1. The lowest BCUT2D eigenvalue weighted by Crippen LogP contribution is -2.24. The first kappa shape index (κ1) is 19.7. The summed E-state index contributed by atoms with van der Waals surface area (Å²) in [7, 11) is 0. The van der Waals surface area contributed by atoms with Crippen LogP contribution in [0.2, 0.25) is 5.02 Å². The molecule has 2 aromatic carbocycles. The Hall–Kier alpha value is -2.09. The number of amides is 1. The molecule has 1 heterocycles. The first-order valence-electron chi connectivity index (χ1n) is 8.45. The highest BCUT2D eigenvalue weighted by Gasteiger charge is 2.20. The highest BCUT2D eigenvalue weighted by Crippen LogP contribution is 2.33. The maximum atomic E-state index is 12.5. The van der Waals surface area contributed by atoms with Crippen LogP contribution in [0.3, 0.4) is 0 Å². The van der Waals surface area contributed by atoms with Crippen LogP contribution >= 0.6 is 34.7 Å². The van der Waals surface area contributed by atoms with Gasteiger partial charge >= 0.3 is 0 Å². The molecule has 0 saturated heterocycles. The van der Waals surface area contributed by atoms with Gasteiger partial charge in [-0.3, -0.25) is 4.79 Å². The average molecular weight is 419 g/mol. The van der Waals surface area contributed by atoms with Crippen molar-refractivity contribution in [2.24, 2.45) is 0 Å². The third-order valence-corrected chi connectivity index (χ3v) is 6.56. The van der Waals surface area contributed by atoms with Crippen LogP contribution in [0.15, 0.2) is 52.9 Å². The number of halogens is 1. The Labute approximate surface area is 171 Å². The van der Waals surface area contributed by atoms with E-state index in [0.717, 1.165) is 21.3 Å². The Kier molecular flexibility index (Phi) is 6.71. The number of hydrogen-bond acceptors (Lipinski definition) is 6. The Balaban J connectivity index is 1.65. The molecule has 0 bridgehead atoms. The third-order valence-electron chi connectivity index (χ3n) is 3.86. The summed E-state index contributed by atoms with van der Waals surface area (Å²) in [5.41, 5.74) is 2.64. The normalized spacial score (nSPS) is 11.8. The van der Waals surface area contributed by atoms with Crippen LogP contribution in [-0.2, 0) is 4.79 Å². The summed E-state index contributed by atoms with van der Waals surface area (Å²) in [6.45, 7) is 3.93. The van der Waals surface area contributed by atoms with Gasteiger partial charge in [0.2, 0.25) is 11.0 Å². The Morgan fingerprint density at radius 3 is 2.70 bits per heavy atom. The summed E-state index contributed by atoms with van der Waals surface area (Å²) in [5, 5.41) is 15.7. The van der Waals surface area contributed by atoms with E-state index in [1.807, 2.05) is 62.4 Å². The number of carbonyl (C=O) groups excluding carboxylic acids is 1. The Bertz CT molecular complexity index is 917. The highest BCUT2D eigenvalue weighted by atomic mass is 35.5. The maximum Gasteiger partial charge on any atom is 0.237 e. The molecule has 0 saturated carbocycles. The van der Waals surface area contributed by atoms with E-state index in [1.54, 1.807) is 0 Å². The number of hydrogen-bond donors (Lipinski definition) is 2. The van der Waals surface area contributed by atoms with Crippen molar-refractivity contribution in [3.05, 3.63) is 59.1 Å². The lowest BCUT2D eigenvalue weighted by Gasteiger charge is -2.12. The Morgan fingerprint density at radius 2 is 1.96 bits per heavy atom. The van der Waals surface area contributed by atoms with E-state index in [1.165, 1.54) is 23.1 Å². The van der Waals surface area contributed by atoms with E-state index >= 15 is 0 Å². The number of nitrogens with zero attached hydrogens (tertiary/aromatic N) is 2. The predicted molar refractivity (Wildman–Crippen MR) is 114 cm³/mol. The molecular formula is C19H19ClN4OS2. The second kappa shape index (κ2) is 9.21. The van der Waals surface area contributed by atoms with Crippen molar-refractivity contribution in [2.45, 2.75) is 29.9 Å². The number of thioether (sulfide) groups is 1. The van der Waals surface area contributed by atoms with Gasteiger partial charge in [-0.1, -0.05) is 65.9 Å². The van der Waals surface area contributed by atoms with Crippen molar-refractivity contribution >= 4 is 57.1 Å². The second-order valence-electron chi connectivity index (χ2n) is 5.78. The van der Waals surface area contributed by atoms with Crippen molar-refractivity contribution < 1.29 is 4.79 Å². The standard InChI is InChI=1S/C19H19ClN4OS2/c1-3-16(17(25)21-13-8-5-4-6-9-13)26-19-24-23-18(27-19)22-15-11-7-10-14(20)12(15)2/h4-11,16H,3H2,1-2H3,(H,21,25)(H,22,23). The summed E-state index contributed by atoms with van der Waals surface area (Å²) in [6, 6.07) is 15.1. The van der Waals surface area contributed by atoms with E-state index in [2.05, 4.69) is 20.8 Å². The molecule has 0 aliphatic rings. The fourth-order valence-corrected chi connectivity index (χ4v) is 4.46. The third kappa shape index (κ3) is 5.22. The van der Waals surface area contributed by atoms with Crippen molar-refractivity contribution in [3.8, 4) is 0 Å². The van der Waals surface area contributed by atoms with Crippen molar-refractivity contribution in [1.82, 2.24) is 10.2 Å². The number of nitrogens with one attached hydrogen (secondary N) is 2. The van der Waals surface area contributed by atoms with Gasteiger partial charge < -0.3 is 10.6 Å². The van der Waals surface area contributed by atoms with Crippen LogP contribution in [0.25, 0.3) is 0 Å². The summed E-state index contributed by atoms with van der Waals surface area (Å²) >= 11 is 8.99. The number of anilines is 3. The molecular weight excluding hydrogens is 400 g/mol. The molecule has 3 aromatic rings. The van der Waals surface area contributed by atoms with Gasteiger partial charge in [-0.25, -0.2) is 0 Å². The number of rotatable bonds is 7. The lowest BCUT2D eigenvalue weighted by atomic mass is 10.2. The first-order valence-corrected chi connectivity index (χ1v) is 10.5. The van der Waals surface area contributed by atoms with E-state index in [0.29, 0.717) is 16.6 Å². The summed E-state index contributed by atoms with van der Waals surface area (Å²) in [6.07, 6.45) is 0.694. The minimum Gasteiger partial charge on any atom is -0.330 e.